The molecule has 1 heterocycles. The van der Waals surface area contributed by atoms with Crippen molar-refractivity contribution in [2.75, 3.05) is 5.73 Å². The number of rotatable bonds is 3. The number of hydrogen-bond acceptors (Lipinski definition) is 4. The lowest BCUT2D eigenvalue weighted by Crippen LogP contribution is -2.30. The van der Waals surface area contributed by atoms with Crippen molar-refractivity contribution >= 4 is 33.3 Å². The monoisotopic (exact) mass is 344 g/mol. The Kier molecular flexibility index (Phi) is 4.36. The molecule has 1 aromatic heterocycles. The summed E-state index contributed by atoms with van der Waals surface area (Å²) in [6.45, 7) is 0. The van der Waals surface area contributed by atoms with Crippen LogP contribution in [0.2, 0.25) is 5.02 Å². The molecule has 0 aliphatic heterocycles. The van der Waals surface area contributed by atoms with Gasteiger partial charge in [-0.3, -0.25) is 5.84 Å². The van der Waals surface area contributed by atoms with Crippen molar-refractivity contribution in [3.63, 3.8) is 0 Å². The van der Waals surface area contributed by atoms with E-state index in [0.29, 0.717) is 20.6 Å². The summed E-state index contributed by atoms with van der Waals surface area (Å²) in [7, 11) is 0. The molecule has 0 radical (unpaired) electrons. The first kappa shape index (κ1) is 14.2. The maximum atomic E-state index is 14.0. The van der Waals surface area contributed by atoms with E-state index in [1.807, 2.05) is 0 Å². The molecule has 0 spiro atoms. The minimum absolute atomic E-state index is 0.238. The van der Waals surface area contributed by atoms with Gasteiger partial charge in [-0.25, -0.2) is 14.8 Å². The van der Waals surface area contributed by atoms with Gasteiger partial charge in [-0.05, 0) is 18.2 Å². The number of anilines is 1. The van der Waals surface area contributed by atoms with Crippen molar-refractivity contribution in [2.24, 2.45) is 5.84 Å². The third-order valence-electron chi connectivity index (χ3n) is 2.68. The highest BCUT2D eigenvalue weighted by atomic mass is 79.9. The quantitative estimate of drug-likeness (QED) is 0.590. The third kappa shape index (κ3) is 2.87. The lowest BCUT2D eigenvalue weighted by atomic mass is 9.99. The zero-order valence-electron chi connectivity index (χ0n) is 9.70. The Morgan fingerprint density at radius 2 is 2.16 bits per heavy atom. The van der Waals surface area contributed by atoms with Crippen molar-refractivity contribution in [3.05, 3.63) is 56.9 Å². The van der Waals surface area contributed by atoms with Crippen molar-refractivity contribution in [1.82, 2.24) is 10.4 Å². The third-order valence-corrected chi connectivity index (χ3v) is 3.58. The molecule has 5 N–H and O–H groups in total. The molecule has 0 fully saturated rings. The molecule has 19 heavy (non-hydrogen) atoms. The number of benzene rings is 1. The van der Waals surface area contributed by atoms with Crippen LogP contribution in [0, 0.1) is 5.82 Å². The largest absolute Gasteiger partial charge is 0.383 e. The molecule has 0 saturated carbocycles. The number of nitrogens with one attached hydrogen (secondary N) is 1. The van der Waals surface area contributed by atoms with Gasteiger partial charge in [0, 0.05) is 21.8 Å². The van der Waals surface area contributed by atoms with E-state index in [2.05, 4.69) is 26.3 Å². The number of aromatic nitrogens is 1. The molecule has 1 aromatic carbocycles. The normalized spacial score (nSPS) is 12.4. The van der Waals surface area contributed by atoms with E-state index in [1.54, 1.807) is 18.2 Å². The van der Waals surface area contributed by atoms with Gasteiger partial charge in [0.25, 0.3) is 0 Å². The van der Waals surface area contributed by atoms with Crippen LogP contribution in [-0.4, -0.2) is 4.98 Å². The molecule has 0 bridgehead atoms. The van der Waals surface area contributed by atoms with Gasteiger partial charge in [0.1, 0.15) is 11.6 Å². The van der Waals surface area contributed by atoms with Gasteiger partial charge < -0.3 is 5.73 Å². The van der Waals surface area contributed by atoms with Gasteiger partial charge in [0.15, 0.2) is 0 Å². The van der Waals surface area contributed by atoms with Gasteiger partial charge in [0.2, 0.25) is 0 Å². The highest BCUT2D eigenvalue weighted by Crippen LogP contribution is 2.33. The first-order chi connectivity index (χ1) is 9.04. The molecule has 1 unspecified atom stereocenters. The summed E-state index contributed by atoms with van der Waals surface area (Å²) in [5, 5.41) is 0.400. The van der Waals surface area contributed by atoms with Gasteiger partial charge in [-0.2, -0.15) is 0 Å². The van der Waals surface area contributed by atoms with Crippen LogP contribution in [0.1, 0.15) is 17.2 Å². The average Bonchev–Trinajstić information content (AvgIpc) is 2.37. The number of nitrogens with zero attached hydrogens (tertiary/aromatic N) is 1. The Labute approximate surface area is 123 Å². The second kappa shape index (κ2) is 5.83. The van der Waals surface area contributed by atoms with Crippen LogP contribution in [0.5, 0.6) is 0 Å². The Bertz CT molecular complexity index is 588. The Morgan fingerprint density at radius 1 is 1.42 bits per heavy atom. The molecule has 0 aliphatic carbocycles. The molecule has 4 nitrogen and oxygen atoms in total. The minimum atomic E-state index is -0.651. The van der Waals surface area contributed by atoms with Crippen molar-refractivity contribution in [2.45, 2.75) is 6.04 Å². The molecule has 100 valence electrons. The van der Waals surface area contributed by atoms with E-state index in [0.717, 1.165) is 0 Å². The zero-order valence-corrected chi connectivity index (χ0v) is 12.0. The highest BCUT2D eigenvalue weighted by molar-refractivity contribution is 9.10. The van der Waals surface area contributed by atoms with E-state index < -0.39 is 11.9 Å². The number of nitrogens with two attached hydrogens (primary N) is 2. The number of nitrogen functional groups attached to an aromatic ring is 1. The molecule has 0 saturated heterocycles. The number of pyridine rings is 1. The molecule has 7 heteroatoms. The average molecular weight is 346 g/mol. The molecule has 0 amide bonds. The Balaban J connectivity index is 2.59. The fraction of sp³-hybridized carbons (Fsp3) is 0.0833. The standard InChI is InChI=1S/C12H11BrClFN4/c13-8-2-1-3-9(15)10(8)11(19-17)7-4-6(14)5-18-12(7)16/h1-5,11,19H,17H2,(H2,16,18). The summed E-state index contributed by atoms with van der Waals surface area (Å²) in [6.07, 6.45) is 1.42. The van der Waals surface area contributed by atoms with E-state index in [-0.39, 0.29) is 5.82 Å². The SMILES string of the molecule is NNC(c1cc(Cl)cnc1N)c1c(F)cccc1Br. The lowest BCUT2D eigenvalue weighted by molar-refractivity contribution is 0.558. The Hall–Kier alpha value is -1.21. The van der Waals surface area contributed by atoms with Gasteiger partial charge in [0.05, 0.1) is 11.1 Å². The van der Waals surface area contributed by atoms with E-state index in [4.69, 9.17) is 23.2 Å². The van der Waals surface area contributed by atoms with E-state index in [1.165, 1.54) is 12.3 Å². The zero-order chi connectivity index (χ0) is 14.0. The fourth-order valence-corrected chi connectivity index (χ4v) is 2.55. The minimum Gasteiger partial charge on any atom is -0.383 e. The molecule has 2 rings (SSSR count). The van der Waals surface area contributed by atoms with Crippen molar-refractivity contribution in [1.29, 1.82) is 0 Å². The molecular formula is C12H11BrClFN4. The van der Waals surface area contributed by atoms with Gasteiger partial charge >= 0.3 is 0 Å². The van der Waals surface area contributed by atoms with Crippen molar-refractivity contribution in [3.8, 4) is 0 Å². The maximum Gasteiger partial charge on any atom is 0.129 e. The summed E-state index contributed by atoms with van der Waals surface area (Å²) in [5.74, 6) is 5.36. The van der Waals surface area contributed by atoms with E-state index >= 15 is 0 Å². The van der Waals surface area contributed by atoms with Crippen LogP contribution >= 0.6 is 27.5 Å². The summed E-state index contributed by atoms with van der Waals surface area (Å²) in [4.78, 5) is 3.94. The first-order valence-corrected chi connectivity index (χ1v) is 6.52. The van der Waals surface area contributed by atoms with Crippen LogP contribution in [0.3, 0.4) is 0 Å². The molecule has 0 aliphatic rings. The smallest absolute Gasteiger partial charge is 0.129 e. The topological polar surface area (TPSA) is 77.0 Å². The molecular weight excluding hydrogens is 335 g/mol. The van der Waals surface area contributed by atoms with Crippen LogP contribution in [0.25, 0.3) is 0 Å². The number of hydrazine groups is 1. The summed E-state index contributed by atoms with van der Waals surface area (Å²) in [6, 6.07) is 5.61. The number of halogens is 3. The maximum absolute atomic E-state index is 14.0. The first-order valence-electron chi connectivity index (χ1n) is 5.35. The van der Waals surface area contributed by atoms with Crippen LogP contribution < -0.4 is 17.0 Å². The van der Waals surface area contributed by atoms with Crippen molar-refractivity contribution < 1.29 is 4.39 Å². The molecule has 1 atom stereocenters. The number of hydrogen-bond donors (Lipinski definition) is 3. The van der Waals surface area contributed by atoms with Crippen LogP contribution in [0.4, 0.5) is 10.2 Å². The summed E-state index contributed by atoms with van der Waals surface area (Å²) >= 11 is 9.19. The van der Waals surface area contributed by atoms with Gasteiger partial charge in [-0.15, -0.1) is 0 Å². The highest BCUT2D eigenvalue weighted by Gasteiger charge is 2.22. The van der Waals surface area contributed by atoms with Crippen LogP contribution in [0.15, 0.2) is 34.9 Å². The second-order valence-corrected chi connectivity index (χ2v) is 5.15. The second-order valence-electron chi connectivity index (χ2n) is 3.86. The predicted octanol–water partition coefficient (Wildman–Crippen LogP) is 2.77. The van der Waals surface area contributed by atoms with Gasteiger partial charge in [-0.1, -0.05) is 33.6 Å². The summed E-state index contributed by atoms with van der Waals surface area (Å²) < 4.78 is 14.6. The Morgan fingerprint density at radius 3 is 2.79 bits per heavy atom. The molecule has 2 aromatic rings. The fourth-order valence-electron chi connectivity index (χ4n) is 1.81. The lowest BCUT2D eigenvalue weighted by Gasteiger charge is -2.20. The van der Waals surface area contributed by atoms with E-state index in [9.17, 15) is 4.39 Å². The van der Waals surface area contributed by atoms with Crippen LogP contribution in [-0.2, 0) is 0 Å². The predicted molar refractivity (Wildman–Crippen MR) is 76.9 cm³/mol. The summed E-state index contributed by atoms with van der Waals surface area (Å²) in [5.41, 5.74) is 9.20.